The van der Waals surface area contributed by atoms with Crippen LogP contribution < -0.4 is 9.47 Å². The molecule has 0 radical (unpaired) electrons. The molecule has 0 saturated heterocycles. The second-order valence-electron chi connectivity index (χ2n) is 9.52. The fourth-order valence-corrected chi connectivity index (χ4v) is 4.14. The van der Waals surface area contributed by atoms with Gasteiger partial charge in [0.1, 0.15) is 11.5 Å². The molecule has 0 fully saturated rings. The zero-order valence-corrected chi connectivity index (χ0v) is 21.3. The highest BCUT2D eigenvalue weighted by atomic mass is 16.5. The second-order valence-corrected chi connectivity index (χ2v) is 9.52. The van der Waals surface area contributed by atoms with Crippen molar-refractivity contribution in [3.63, 3.8) is 0 Å². The fraction of sp³-hybridized carbons (Fsp3) is 0.552. The Labute approximate surface area is 195 Å². The van der Waals surface area contributed by atoms with Crippen molar-refractivity contribution in [2.24, 2.45) is 0 Å². The maximum Gasteiger partial charge on any atom is 0.308 e. The number of esters is 1. The Bertz CT molecular complexity index is 882. The number of carbonyl (C=O) groups is 1. The highest BCUT2D eigenvalue weighted by molar-refractivity contribution is 5.70. The molecule has 0 amide bonds. The Morgan fingerprint density at radius 1 is 0.969 bits per heavy atom. The van der Waals surface area contributed by atoms with Gasteiger partial charge in [-0.05, 0) is 116 Å². The van der Waals surface area contributed by atoms with Crippen LogP contribution in [0.1, 0.15) is 96.3 Å². The summed E-state index contributed by atoms with van der Waals surface area (Å²) >= 11 is 0. The van der Waals surface area contributed by atoms with E-state index in [1.807, 2.05) is 13.0 Å². The fourth-order valence-electron chi connectivity index (χ4n) is 4.14. The zero-order valence-electron chi connectivity index (χ0n) is 21.3. The van der Waals surface area contributed by atoms with E-state index in [2.05, 4.69) is 52.8 Å². The minimum atomic E-state index is -0.279. The molecule has 1 heterocycles. The molecule has 176 valence electrons. The van der Waals surface area contributed by atoms with Gasteiger partial charge in [-0.1, -0.05) is 34.9 Å². The number of fused-ring (bicyclic) bond motifs is 1. The minimum absolute atomic E-state index is 0.251. The van der Waals surface area contributed by atoms with Gasteiger partial charge < -0.3 is 9.47 Å². The summed E-state index contributed by atoms with van der Waals surface area (Å²) < 4.78 is 11.7. The van der Waals surface area contributed by atoms with Crippen LogP contribution in [0.25, 0.3) is 0 Å². The van der Waals surface area contributed by atoms with Crippen molar-refractivity contribution in [3.8, 4) is 11.5 Å². The number of hydrogen-bond donors (Lipinski definition) is 0. The lowest BCUT2D eigenvalue weighted by Crippen LogP contribution is -2.23. The van der Waals surface area contributed by atoms with Crippen LogP contribution in [0.2, 0.25) is 0 Å². The molecule has 0 bridgehead atoms. The summed E-state index contributed by atoms with van der Waals surface area (Å²) in [6.07, 6.45) is 16.0. The summed E-state index contributed by atoms with van der Waals surface area (Å²) in [7, 11) is 0. The van der Waals surface area contributed by atoms with E-state index >= 15 is 0 Å². The van der Waals surface area contributed by atoms with Gasteiger partial charge in [0, 0.05) is 6.92 Å². The number of rotatable bonds is 10. The van der Waals surface area contributed by atoms with Crippen LogP contribution in [0.4, 0.5) is 0 Å². The smallest absolute Gasteiger partial charge is 0.308 e. The molecule has 2 rings (SSSR count). The first-order valence-corrected chi connectivity index (χ1v) is 12.1. The van der Waals surface area contributed by atoms with Crippen molar-refractivity contribution in [1.82, 2.24) is 0 Å². The van der Waals surface area contributed by atoms with E-state index in [9.17, 15) is 4.79 Å². The number of allylic oxidation sites excluding steroid dienone is 6. The highest BCUT2D eigenvalue weighted by Gasteiger charge is 2.24. The minimum Gasteiger partial charge on any atom is -0.490 e. The molecular weight excluding hydrogens is 396 g/mol. The predicted octanol–water partition coefficient (Wildman–Crippen LogP) is 8.12. The molecule has 32 heavy (non-hydrogen) atoms. The Morgan fingerprint density at radius 3 is 2.22 bits per heavy atom. The summed E-state index contributed by atoms with van der Waals surface area (Å²) in [6.45, 7) is 14.3. The van der Waals surface area contributed by atoms with Crippen LogP contribution in [0.5, 0.6) is 11.5 Å². The highest BCUT2D eigenvalue weighted by Crippen LogP contribution is 2.38. The lowest BCUT2D eigenvalue weighted by molar-refractivity contribution is -0.131. The number of benzene rings is 1. The zero-order chi connectivity index (χ0) is 23.7. The van der Waals surface area contributed by atoms with Crippen LogP contribution in [-0.4, -0.2) is 12.1 Å². The molecular formula is C29H42O3. The SMILES string of the molecule is CC(=O)Oc1cc2c(c(C)c1C)OC(CC/C=C(\C)CC/C=C(\C)CCC=C(C)C)CC2. The first-order valence-electron chi connectivity index (χ1n) is 12.1. The molecule has 0 spiro atoms. The van der Waals surface area contributed by atoms with Gasteiger partial charge in [-0.2, -0.15) is 0 Å². The third-order valence-electron chi connectivity index (χ3n) is 6.25. The summed E-state index contributed by atoms with van der Waals surface area (Å²) in [6, 6.07) is 1.98. The van der Waals surface area contributed by atoms with Crippen molar-refractivity contribution in [2.45, 2.75) is 106 Å². The van der Waals surface area contributed by atoms with Crippen LogP contribution in [0.3, 0.4) is 0 Å². The normalized spacial score (nSPS) is 16.3. The van der Waals surface area contributed by atoms with E-state index in [-0.39, 0.29) is 12.1 Å². The molecule has 0 saturated carbocycles. The third-order valence-corrected chi connectivity index (χ3v) is 6.25. The largest absolute Gasteiger partial charge is 0.490 e. The Balaban J connectivity index is 1.82. The van der Waals surface area contributed by atoms with Crippen LogP contribution >= 0.6 is 0 Å². The van der Waals surface area contributed by atoms with Crippen molar-refractivity contribution in [3.05, 3.63) is 57.7 Å². The number of hydrogen-bond acceptors (Lipinski definition) is 3. The van der Waals surface area contributed by atoms with Crippen LogP contribution in [0, 0.1) is 13.8 Å². The molecule has 3 heteroatoms. The number of ether oxygens (including phenoxy) is 2. The van der Waals surface area contributed by atoms with Gasteiger partial charge in [0.15, 0.2) is 0 Å². The summed E-state index contributed by atoms with van der Waals surface area (Å²) in [4.78, 5) is 11.4. The first-order chi connectivity index (χ1) is 15.2. The Kier molecular flexibility index (Phi) is 10.3. The molecule has 1 unspecified atom stereocenters. The van der Waals surface area contributed by atoms with Gasteiger partial charge in [0.05, 0.1) is 6.10 Å². The average Bonchev–Trinajstić information content (AvgIpc) is 2.71. The van der Waals surface area contributed by atoms with Gasteiger partial charge in [0.2, 0.25) is 0 Å². The monoisotopic (exact) mass is 438 g/mol. The predicted molar refractivity (Wildman–Crippen MR) is 135 cm³/mol. The molecule has 0 N–H and O–H groups in total. The van der Waals surface area contributed by atoms with E-state index in [4.69, 9.17) is 9.47 Å². The van der Waals surface area contributed by atoms with Gasteiger partial charge in [-0.15, -0.1) is 0 Å². The maximum absolute atomic E-state index is 11.4. The van der Waals surface area contributed by atoms with Crippen LogP contribution in [0.15, 0.2) is 41.0 Å². The topological polar surface area (TPSA) is 35.5 Å². The van der Waals surface area contributed by atoms with Crippen molar-refractivity contribution in [2.75, 3.05) is 0 Å². The lowest BCUT2D eigenvalue weighted by Gasteiger charge is -2.28. The summed E-state index contributed by atoms with van der Waals surface area (Å²) in [5, 5.41) is 0. The number of carbonyl (C=O) groups excluding carboxylic acids is 1. The van der Waals surface area contributed by atoms with E-state index in [1.165, 1.54) is 23.6 Å². The quantitative estimate of drug-likeness (QED) is 0.210. The van der Waals surface area contributed by atoms with E-state index < -0.39 is 0 Å². The third kappa shape index (κ3) is 8.33. The van der Waals surface area contributed by atoms with Crippen molar-refractivity contribution >= 4 is 5.97 Å². The van der Waals surface area contributed by atoms with E-state index in [0.717, 1.165) is 73.8 Å². The van der Waals surface area contributed by atoms with Gasteiger partial charge in [0.25, 0.3) is 0 Å². The molecule has 1 aliphatic heterocycles. The molecule has 3 nitrogen and oxygen atoms in total. The van der Waals surface area contributed by atoms with Gasteiger partial charge >= 0.3 is 5.97 Å². The average molecular weight is 439 g/mol. The Hall–Kier alpha value is -2.29. The molecule has 1 aliphatic rings. The molecule has 1 aromatic carbocycles. The van der Waals surface area contributed by atoms with Crippen LogP contribution in [-0.2, 0) is 11.2 Å². The van der Waals surface area contributed by atoms with Gasteiger partial charge in [-0.3, -0.25) is 4.79 Å². The maximum atomic E-state index is 11.4. The second kappa shape index (κ2) is 12.7. The lowest BCUT2D eigenvalue weighted by atomic mass is 9.94. The standard InChI is InChI=1S/C29H42O3/c1-20(2)11-8-12-21(3)13-9-14-22(4)15-10-16-27-18-17-26-19-28(31-25(7)30)23(5)24(6)29(26)32-27/h11,13,15,19,27H,8-10,12,14,16-18H2,1-7H3/b21-13+,22-15+. The first kappa shape index (κ1) is 26.0. The molecule has 1 atom stereocenters. The van der Waals surface area contributed by atoms with Gasteiger partial charge in [-0.25, -0.2) is 0 Å². The summed E-state index contributed by atoms with van der Waals surface area (Å²) in [5.41, 5.74) is 7.58. The number of aryl methyl sites for hydroxylation is 1. The molecule has 0 aliphatic carbocycles. The van der Waals surface area contributed by atoms with Crippen molar-refractivity contribution < 1.29 is 14.3 Å². The van der Waals surface area contributed by atoms with E-state index in [1.54, 1.807) is 0 Å². The molecule has 0 aromatic heterocycles. The van der Waals surface area contributed by atoms with E-state index in [0.29, 0.717) is 5.75 Å². The molecule has 1 aromatic rings. The Morgan fingerprint density at radius 2 is 1.59 bits per heavy atom. The summed E-state index contributed by atoms with van der Waals surface area (Å²) in [5.74, 6) is 1.37. The van der Waals surface area contributed by atoms with Crippen molar-refractivity contribution in [1.29, 1.82) is 0 Å².